The molecule has 0 radical (unpaired) electrons. The fraction of sp³-hybridized carbons (Fsp3) is 0.500. The zero-order valence-corrected chi connectivity index (χ0v) is 7.60. The lowest BCUT2D eigenvalue weighted by Crippen LogP contribution is -2.29. The minimum Gasteiger partial charge on any atom is -0.385 e. The molecule has 72 valence electrons. The van der Waals surface area contributed by atoms with E-state index in [0.717, 1.165) is 12.0 Å². The monoisotopic (exact) mass is 182 g/mol. The van der Waals surface area contributed by atoms with E-state index in [-0.39, 0.29) is 6.04 Å². The molecule has 1 atom stereocenters. The molecule has 0 fully saturated rings. The summed E-state index contributed by atoms with van der Waals surface area (Å²) in [6.45, 7) is 0.657. The van der Waals surface area contributed by atoms with Gasteiger partial charge < -0.3 is 4.74 Å². The Morgan fingerprint density at radius 3 is 2.77 bits per heavy atom. The second kappa shape index (κ2) is 5.58. The Balaban J connectivity index is 2.56. The first-order valence-electron chi connectivity index (χ1n) is 4.08. The van der Waals surface area contributed by atoms with Crippen LogP contribution in [0.5, 0.6) is 0 Å². The molecule has 5 nitrogen and oxygen atoms in total. The van der Waals surface area contributed by atoms with Crippen molar-refractivity contribution in [2.45, 2.75) is 12.5 Å². The third-order valence-electron chi connectivity index (χ3n) is 1.79. The number of hydrazine groups is 1. The van der Waals surface area contributed by atoms with E-state index >= 15 is 0 Å². The number of nitrogens with one attached hydrogen (secondary N) is 1. The lowest BCUT2D eigenvalue weighted by Gasteiger charge is -2.14. The molecule has 1 unspecified atom stereocenters. The van der Waals surface area contributed by atoms with Crippen LogP contribution < -0.4 is 11.3 Å². The van der Waals surface area contributed by atoms with E-state index in [2.05, 4.69) is 15.4 Å². The summed E-state index contributed by atoms with van der Waals surface area (Å²) in [5.74, 6) is 5.38. The van der Waals surface area contributed by atoms with Gasteiger partial charge in [0.2, 0.25) is 0 Å². The van der Waals surface area contributed by atoms with Gasteiger partial charge in [-0.2, -0.15) is 0 Å². The van der Waals surface area contributed by atoms with Crippen LogP contribution in [-0.4, -0.2) is 23.7 Å². The summed E-state index contributed by atoms with van der Waals surface area (Å²) in [5.41, 5.74) is 3.67. The summed E-state index contributed by atoms with van der Waals surface area (Å²) in [4.78, 5) is 7.83. The Hall–Kier alpha value is -1.04. The van der Waals surface area contributed by atoms with Crippen molar-refractivity contribution in [2.75, 3.05) is 13.7 Å². The molecule has 5 heteroatoms. The van der Waals surface area contributed by atoms with E-state index in [1.807, 2.05) is 0 Å². The highest BCUT2D eigenvalue weighted by Gasteiger charge is 2.08. The third kappa shape index (κ3) is 3.06. The molecule has 1 heterocycles. The maximum Gasteiger partial charge on any atom is 0.115 e. The predicted molar refractivity (Wildman–Crippen MR) is 48.6 cm³/mol. The van der Waals surface area contributed by atoms with Crippen LogP contribution in [0.3, 0.4) is 0 Å². The molecule has 0 aromatic carbocycles. The van der Waals surface area contributed by atoms with Crippen molar-refractivity contribution in [1.29, 1.82) is 0 Å². The minimum atomic E-state index is 0.0566. The minimum absolute atomic E-state index is 0.0566. The Kier molecular flexibility index (Phi) is 4.31. The molecule has 1 aromatic rings. The molecule has 13 heavy (non-hydrogen) atoms. The van der Waals surface area contributed by atoms with Crippen LogP contribution in [0.2, 0.25) is 0 Å². The van der Waals surface area contributed by atoms with Gasteiger partial charge in [0.1, 0.15) is 6.33 Å². The van der Waals surface area contributed by atoms with Crippen LogP contribution >= 0.6 is 0 Å². The number of aromatic nitrogens is 2. The number of rotatable bonds is 5. The van der Waals surface area contributed by atoms with E-state index in [9.17, 15) is 0 Å². The standard InChI is InChI=1S/C8H14N4O/c1-13-3-2-8(12-9)7-4-10-6-11-5-7/h4-6,8,12H,2-3,9H2,1H3. The fourth-order valence-corrected chi connectivity index (χ4v) is 1.07. The molecule has 0 saturated heterocycles. The molecule has 0 saturated carbocycles. The summed E-state index contributed by atoms with van der Waals surface area (Å²) < 4.78 is 4.96. The van der Waals surface area contributed by atoms with Crippen molar-refractivity contribution >= 4 is 0 Å². The van der Waals surface area contributed by atoms with Crippen molar-refractivity contribution in [1.82, 2.24) is 15.4 Å². The first kappa shape index (κ1) is 10.0. The lowest BCUT2D eigenvalue weighted by molar-refractivity contribution is 0.183. The highest BCUT2D eigenvalue weighted by atomic mass is 16.5. The molecule has 0 aliphatic heterocycles. The molecule has 0 amide bonds. The Morgan fingerprint density at radius 2 is 2.23 bits per heavy atom. The highest BCUT2D eigenvalue weighted by molar-refractivity contribution is 5.08. The Labute approximate surface area is 77.3 Å². The second-order valence-corrected chi connectivity index (χ2v) is 2.67. The average Bonchev–Trinajstić information content (AvgIpc) is 2.21. The normalized spacial score (nSPS) is 12.8. The quantitative estimate of drug-likeness (QED) is 0.496. The molecule has 0 bridgehead atoms. The van der Waals surface area contributed by atoms with Crippen molar-refractivity contribution in [3.05, 3.63) is 24.3 Å². The number of nitrogens with two attached hydrogens (primary N) is 1. The highest BCUT2D eigenvalue weighted by Crippen LogP contribution is 2.12. The fourth-order valence-electron chi connectivity index (χ4n) is 1.07. The van der Waals surface area contributed by atoms with E-state index in [1.165, 1.54) is 6.33 Å². The number of methoxy groups -OCH3 is 1. The maximum absolute atomic E-state index is 5.38. The molecule has 1 rings (SSSR count). The van der Waals surface area contributed by atoms with Gasteiger partial charge in [0.25, 0.3) is 0 Å². The topological polar surface area (TPSA) is 73.1 Å². The second-order valence-electron chi connectivity index (χ2n) is 2.67. The average molecular weight is 182 g/mol. The summed E-state index contributed by atoms with van der Waals surface area (Å²) in [7, 11) is 1.66. The smallest absolute Gasteiger partial charge is 0.115 e. The van der Waals surface area contributed by atoms with Gasteiger partial charge in [-0.3, -0.25) is 11.3 Å². The van der Waals surface area contributed by atoms with Gasteiger partial charge in [0.15, 0.2) is 0 Å². The number of ether oxygens (including phenoxy) is 1. The molecular weight excluding hydrogens is 168 g/mol. The number of hydrogen-bond donors (Lipinski definition) is 2. The summed E-state index contributed by atoms with van der Waals surface area (Å²) in [6.07, 6.45) is 5.79. The van der Waals surface area contributed by atoms with Crippen LogP contribution in [-0.2, 0) is 4.74 Å². The largest absolute Gasteiger partial charge is 0.385 e. The predicted octanol–water partition coefficient (Wildman–Crippen LogP) is 0.0175. The van der Waals surface area contributed by atoms with Gasteiger partial charge in [0.05, 0.1) is 6.04 Å². The maximum atomic E-state index is 5.38. The molecule has 3 N–H and O–H groups in total. The molecule has 0 aliphatic carbocycles. The van der Waals surface area contributed by atoms with Gasteiger partial charge in [0, 0.05) is 31.7 Å². The van der Waals surface area contributed by atoms with Crippen LogP contribution in [0.25, 0.3) is 0 Å². The molecular formula is C8H14N4O. The van der Waals surface area contributed by atoms with Gasteiger partial charge in [-0.25, -0.2) is 9.97 Å². The molecule has 0 spiro atoms. The van der Waals surface area contributed by atoms with Crippen molar-refractivity contribution < 1.29 is 4.74 Å². The van der Waals surface area contributed by atoms with Crippen molar-refractivity contribution in [3.63, 3.8) is 0 Å². The first-order chi connectivity index (χ1) is 6.38. The van der Waals surface area contributed by atoms with Crippen LogP contribution in [0.15, 0.2) is 18.7 Å². The Morgan fingerprint density at radius 1 is 1.54 bits per heavy atom. The van der Waals surface area contributed by atoms with Gasteiger partial charge in [-0.15, -0.1) is 0 Å². The van der Waals surface area contributed by atoms with E-state index in [0.29, 0.717) is 6.61 Å². The van der Waals surface area contributed by atoms with Crippen molar-refractivity contribution in [3.8, 4) is 0 Å². The summed E-state index contributed by atoms with van der Waals surface area (Å²) >= 11 is 0. The van der Waals surface area contributed by atoms with Crippen LogP contribution in [0.4, 0.5) is 0 Å². The number of hydrogen-bond acceptors (Lipinski definition) is 5. The zero-order valence-electron chi connectivity index (χ0n) is 7.60. The Bertz CT molecular complexity index is 229. The SMILES string of the molecule is COCCC(NN)c1cncnc1. The third-order valence-corrected chi connectivity index (χ3v) is 1.79. The van der Waals surface area contributed by atoms with Gasteiger partial charge in [-0.05, 0) is 6.42 Å². The zero-order chi connectivity index (χ0) is 9.52. The van der Waals surface area contributed by atoms with E-state index in [1.54, 1.807) is 19.5 Å². The van der Waals surface area contributed by atoms with E-state index < -0.39 is 0 Å². The van der Waals surface area contributed by atoms with Crippen LogP contribution in [0.1, 0.15) is 18.0 Å². The van der Waals surface area contributed by atoms with Gasteiger partial charge in [-0.1, -0.05) is 0 Å². The summed E-state index contributed by atoms with van der Waals surface area (Å²) in [5, 5.41) is 0. The van der Waals surface area contributed by atoms with Crippen LogP contribution in [0, 0.1) is 0 Å². The molecule has 1 aromatic heterocycles. The molecule has 0 aliphatic rings. The lowest BCUT2D eigenvalue weighted by atomic mass is 10.1. The van der Waals surface area contributed by atoms with Crippen molar-refractivity contribution in [2.24, 2.45) is 5.84 Å². The number of nitrogens with zero attached hydrogens (tertiary/aromatic N) is 2. The van der Waals surface area contributed by atoms with E-state index in [4.69, 9.17) is 10.6 Å². The summed E-state index contributed by atoms with van der Waals surface area (Å²) in [6, 6.07) is 0.0566. The van der Waals surface area contributed by atoms with Gasteiger partial charge >= 0.3 is 0 Å². The first-order valence-corrected chi connectivity index (χ1v) is 4.08.